The Morgan fingerprint density at radius 1 is 0.950 bits per heavy atom. The highest BCUT2D eigenvalue weighted by molar-refractivity contribution is 7.86. The van der Waals surface area contributed by atoms with E-state index in [-0.39, 0.29) is 5.69 Å². The predicted molar refractivity (Wildman–Crippen MR) is 70.3 cm³/mol. The summed E-state index contributed by atoms with van der Waals surface area (Å²) in [6, 6.07) is 11.0. The number of aromatic hydroxyl groups is 1. The molecule has 102 valence electrons. The molecule has 0 aliphatic rings. The number of rotatable bonds is 2. The van der Waals surface area contributed by atoms with Gasteiger partial charge in [0, 0.05) is 0 Å². The summed E-state index contributed by atoms with van der Waals surface area (Å²) in [5, 5.41) is 18.2. The molecular weight excluding hydrogens is 282 g/mol. The van der Waals surface area contributed by atoms with Gasteiger partial charge in [0.25, 0.3) is 10.1 Å². The third-order valence-electron chi connectivity index (χ3n) is 2.76. The van der Waals surface area contributed by atoms with E-state index in [1.54, 1.807) is 24.3 Å². The van der Waals surface area contributed by atoms with Crippen LogP contribution in [0.25, 0.3) is 16.7 Å². The lowest BCUT2D eigenvalue weighted by Crippen LogP contribution is -2.04. The molecule has 0 aliphatic heterocycles. The van der Waals surface area contributed by atoms with Crippen LogP contribution in [0.3, 0.4) is 0 Å². The Labute approximate surface area is 113 Å². The molecule has 0 radical (unpaired) electrons. The Morgan fingerprint density at radius 2 is 1.55 bits per heavy atom. The van der Waals surface area contributed by atoms with Crippen LogP contribution in [-0.4, -0.2) is 33.1 Å². The maximum atomic E-state index is 11.2. The molecule has 0 saturated heterocycles. The van der Waals surface area contributed by atoms with E-state index < -0.39 is 20.8 Å². The number of hydrogen-bond donors (Lipinski definition) is 2. The Morgan fingerprint density at radius 3 is 2.10 bits per heavy atom. The number of nitrogens with zero attached hydrogens (tertiary/aromatic N) is 3. The zero-order valence-electron chi connectivity index (χ0n) is 10.0. The van der Waals surface area contributed by atoms with Gasteiger partial charge in [-0.15, -0.1) is 15.0 Å². The van der Waals surface area contributed by atoms with Crippen molar-refractivity contribution in [3.05, 3.63) is 42.5 Å². The first-order valence-corrected chi connectivity index (χ1v) is 7.03. The van der Waals surface area contributed by atoms with Gasteiger partial charge >= 0.3 is 0 Å². The molecule has 3 rings (SSSR count). The van der Waals surface area contributed by atoms with E-state index in [0.717, 1.165) is 10.9 Å². The SMILES string of the molecule is O=S(=O)(O)c1cccc(-n2nc3ccccc3n2)c1O. The van der Waals surface area contributed by atoms with Crippen LogP contribution in [0.15, 0.2) is 47.4 Å². The monoisotopic (exact) mass is 291 g/mol. The normalized spacial score (nSPS) is 11.8. The summed E-state index contributed by atoms with van der Waals surface area (Å²) >= 11 is 0. The number of hydrogen-bond acceptors (Lipinski definition) is 5. The molecule has 0 unspecified atom stereocenters. The highest BCUT2D eigenvalue weighted by Crippen LogP contribution is 2.29. The summed E-state index contributed by atoms with van der Waals surface area (Å²) in [7, 11) is -4.51. The summed E-state index contributed by atoms with van der Waals surface area (Å²) in [6.07, 6.45) is 0. The molecule has 3 aromatic rings. The number of phenolic OH excluding ortho intramolecular Hbond substituents is 1. The van der Waals surface area contributed by atoms with Gasteiger partial charge in [-0.25, -0.2) is 0 Å². The molecule has 0 spiro atoms. The summed E-state index contributed by atoms with van der Waals surface area (Å²) in [5.41, 5.74) is 1.27. The van der Waals surface area contributed by atoms with Crippen molar-refractivity contribution in [2.45, 2.75) is 4.90 Å². The highest BCUT2D eigenvalue weighted by atomic mass is 32.2. The minimum Gasteiger partial charge on any atom is -0.504 e. The fourth-order valence-corrected chi connectivity index (χ4v) is 2.45. The number of phenols is 1. The van der Waals surface area contributed by atoms with Crippen molar-refractivity contribution in [1.29, 1.82) is 0 Å². The van der Waals surface area contributed by atoms with Crippen LogP contribution in [0.5, 0.6) is 5.75 Å². The molecule has 8 heteroatoms. The molecule has 20 heavy (non-hydrogen) atoms. The van der Waals surface area contributed by atoms with Gasteiger partial charge in [-0.1, -0.05) is 18.2 Å². The Bertz CT molecular complexity index is 869. The number of fused-ring (bicyclic) bond motifs is 1. The van der Waals surface area contributed by atoms with Gasteiger partial charge < -0.3 is 5.11 Å². The zero-order valence-corrected chi connectivity index (χ0v) is 10.8. The van der Waals surface area contributed by atoms with Gasteiger partial charge in [0.2, 0.25) is 0 Å². The second-order valence-corrected chi connectivity index (χ2v) is 5.47. The fraction of sp³-hybridized carbons (Fsp3) is 0. The molecule has 1 aromatic heterocycles. The van der Waals surface area contributed by atoms with Crippen molar-refractivity contribution < 1.29 is 18.1 Å². The van der Waals surface area contributed by atoms with Gasteiger partial charge in [0.05, 0.1) is 0 Å². The van der Waals surface area contributed by atoms with E-state index in [9.17, 15) is 13.5 Å². The zero-order chi connectivity index (χ0) is 14.3. The molecule has 2 N–H and O–H groups in total. The van der Waals surface area contributed by atoms with Crippen molar-refractivity contribution in [3.63, 3.8) is 0 Å². The van der Waals surface area contributed by atoms with Crippen molar-refractivity contribution in [1.82, 2.24) is 15.0 Å². The van der Waals surface area contributed by atoms with E-state index >= 15 is 0 Å². The molecule has 0 amide bonds. The van der Waals surface area contributed by atoms with Crippen LogP contribution in [0.1, 0.15) is 0 Å². The van der Waals surface area contributed by atoms with E-state index in [2.05, 4.69) is 10.2 Å². The maximum absolute atomic E-state index is 11.2. The third kappa shape index (κ3) is 2.00. The molecular formula is C12H9N3O4S. The summed E-state index contributed by atoms with van der Waals surface area (Å²) in [4.78, 5) is 0.533. The van der Waals surface area contributed by atoms with Crippen molar-refractivity contribution in [2.24, 2.45) is 0 Å². The minimum absolute atomic E-state index is 0.0660. The van der Waals surface area contributed by atoms with E-state index in [1.807, 2.05) is 0 Å². The summed E-state index contributed by atoms with van der Waals surface area (Å²) in [5.74, 6) is -0.602. The first-order valence-electron chi connectivity index (χ1n) is 5.59. The third-order valence-corrected chi connectivity index (χ3v) is 3.64. The standard InChI is InChI=1S/C12H9N3O4S/c16-12-10(6-3-7-11(12)20(17,18)19)15-13-8-4-1-2-5-9(8)14-15/h1-7,16H,(H,17,18,19). The molecule has 0 bridgehead atoms. The van der Waals surface area contributed by atoms with Gasteiger partial charge in [-0.2, -0.15) is 8.42 Å². The summed E-state index contributed by atoms with van der Waals surface area (Å²) in [6.45, 7) is 0. The molecule has 7 nitrogen and oxygen atoms in total. The topological polar surface area (TPSA) is 105 Å². The maximum Gasteiger partial charge on any atom is 0.298 e. The van der Waals surface area contributed by atoms with Crippen LogP contribution in [0.2, 0.25) is 0 Å². The van der Waals surface area contributed by atoms with Gasteiger partial charge in [0.1, 0.15) is 21.6 Å². The lowest BCUT2D eigenvalue weighted by atomic mass is 10.3. The lowest BCUT2D eigenvalue weighted by molar-refractivity contribution is 0.438. The first kappa shape index (κ1) is 12.6. The molecule has 0 saturated carbocycles. The average Bonchev–Trinajstić information content (AvgIpc) is 2.81. The van der Waals surface area contributed by atoms with Crippen LogP contribution in [0.4, 0.5) is 0 Å². The molecule has 0 atom stereocenters. The van der Waals surface area contributed by atoms with E-state index in [4.69, 9.17) is 4.55 Å². The summed E-state index contributed by atoms with van der Waals surface area (Å²) < 4.78 is 31.4. The smallest absolute Gasteiger partial charge is 0.298 e. The Hall–Kier alpha value is -2.45. The van der Waals surface area contributed by atoms with Crippen molar-refractivity contribution >= 4 is 21.2 Å². The predicted octanol–water partition coefficient (Wildman–Crippen LogP) is 1.37. The minimum atomic E-state index is -4.51. The van der Waals surface area contributed by atoms with Crippen LogP contribution >= 0.6 is 0 Å². The van der Waals surface area contributed by atoms with Crippen molar-refractivity contribution in [2.75, 3.05) is 0 Å². The number of para-hydroxylation sites is 1. The Balaban J connectivity index is 2.24. The first-order chi connectivity index (χ1) is 9.47. The highest BCUT2D eigenvalue weighted by Gasteiger charge is 2.19. The molecule has 0 aliphatic carbocycles. The molecule has 1 heterocycles. The van der Waals surface area contributed by atoms with Crippen LogP contribution in [-0.2, 0) is 10.1 Å². The average molecular weight is 291 g/mol. The number of benzene rings is 2. The Kier molecular flexibility index (Phi) is 2.70. The molecule has 0 fully saturated rings. The van der Waals surface area contributed by atoms with Gasteiger partial charge in [-0.3, -0.25) is 4.55 Å². The van der Waals surface area contributed by atoms with Crippen molar-refractivity contribution in [3.8, 4) is 11.4 Å². The van der Waals surface area contributed by atoms with E-state index in [0.29, 0.717) is 11.0 Å². The van der Waals surface area contributed by atoms with Crippen LogP contribution < -0.4 is 0 Å². The van der Waals surface area contributed by atoms with Gasteiger partial charge in [0.15, 0.2) is 5.75 Å². The second kappa shape index (κ2) is 4.29. The number of aromatic nitrogens is 3. The second-order valence-electron chi connectivity index (χ2n) is 4.08. The van der Waals surface area contributed by atoms with E-state index in [1.165, 1.54) is 12.1 Å². The fourth-order valence-electron chi connectivity index (χ4n) is 1.85. The largest absolute Gasteiger partial charge is 0.504 e. The lowest BCUT2D eigenvalue weighted by Gasteiger charge is -2.06. The quantitative estimate of drug-likeness (QED) is 0.691. The van der Waals surface area contributed by atoms with Gasteiger partial charge in [-0.05, 0) is 24.3 Å². The van der Waals surface area contributed by atoms with Crippen LogP contribution in [0, 0.1) is 0 Å². The molecule has 2 aromatic carbocycles.